The molecule has 0 saturated carbocycles. The Kier molecular flexibility index (Phi) is 3.31. The molecule has 16 heavy (non-hydrogen) atoms. The number of aryl methyl sites for hydroxylation is 1. The highest BCUT2D eigenvalue weighted by atomic mass is 16.5. The Morgan fingerprint density at radius 2 is 2.06 bits per heavy atom. The number of benzene rings is 1. The molecule has 1 fully saturated rings. The van der Waals surface area contributed by atoms with Gasteiger partial charge >= 0.3 is 0 Å². The van der Waals surface area contributed by atoms with Crippen LogP contribution in [0.2, 0.25) is 0 Å². The molecule has 1 aromatic carbocycles. The number of methoxy groups -OCH3 is 1. The highest BCUT2D eigenvalue weighted by Gasteiger charge is 2.34. The van der Waals surface area contributed by atoms with Crippen LogP contribution in [0, 0.1) is 6.92 Å². The zero-order valence-corrected chi connectivity index (χ0v) is 10.4. The minimum absolute atomic E-state index is 0.143. The van der Waals surface area contributed by atoms with Crippen molar-refractivity contribution in [3.05, 3.63) is 35.4 Å². The number of nitrogens with one attached hydrogen (secondary N) is 1. The Balaban J connectivity index is 2.06. The fourth-order valence-electron chi connectivity index (χ4n) is 2.56. The van der Waals surface area contributed by atoms with Crippen LogP contribution in [0.5, 0.6) is 0 Å². The molecular formula is C14H21NO. The van der Waals surface area contributed by atoms with Crippen LogP contribution in [0.25, 0.3) is 0 Å². The SMILES string of the molecule is COCC1(C)CC(c2ccc(C)cc2)CN1. The molecule has 1 N–H and O–H groups in total. The van der Waals surface area contributed by atoms with Gasteiger partial charge in [0.1, 0.15) is 0 Å². The summed E-state index contributed by atoms with van der Waals surface area (Å²) < 4.78 is 5.27. The van der Waals surface area contributed by atoms with Crippen LogP contribution in [0.4, 0.5) is 0 Å². The average molecular weight is 219 g/mol. The zero-order chi connectivity index (χ0) is 11.6. The standard InChI is InChI=1S/C14H21NO/c1-11-4-6-12(7-5-11)13-8-14(2,10-16-3)15-9-13/h4-7,13,15H,8-10H2,1-3H3. The smallest absolute Gasteiger partial charge is 0.0642 e. The van der Waals surface area contributed by atoms with Gasteiger partial charge in [-0.05, 0) is 31.7 Å². The van der Waals surface area contributed by atoms with E-state index in [-0.39, 0.29) is 5.54 Å². The van der Waals surface area contributed by atoms with Gasteiger partial charge in [-0.1, -0.05) is 29.8 Å². The largest absolute Gasteiger partial charge is 0.383 e. The molecule has 0 radical (unpaired) electrons. The molecule has 2 nitrogen and oxygen atoms in total. The number of ether oxygens (including phenoxy) is 1. The zero-order valence-electron chi connectivity index (χ0n) is 10.4. The third kappa shape index (κ3) is 2.45. The van der Waals surface area contributed by atoms with E-state index in [1.165, 1.54) is 11.1 Å². The predicted molar refractivity (Wildman–Crippen MR) is 66.8 cm³/mol. The molecule has 2 unspecified atom stereocenters. The van der Waals surface area contributed by atoms with E-state index in [4.69, 9.17) is 4.74 Å². The maximum absolute atomic E-state index is 5.27. The molecule has 88 valence electrons. The fraction of sp³-hybridized carbons (Fsp3) is 0.571. The van der Waals surface area contributed by atoms with Gasteiger partial charge in [0, 0.05) is 19.2 Å². The first-order valence-electron chi connectivity index (χ1n) is 5.93. The number of rotatable bonds is 3. The van der Waals surface area contributed by atoms with Gasteiger partial charge < -0.3 is 10.1 Å². The first kappa shape index (κ1) is 11.6. The molecule has 2 atom stereocenters. The maximum Gasteiger partial charge on any atom is 0.0642 e. The van der Waals surface area contributed by atoms with Gasteiger partial charge in [0.05, 0.1) is 6.61 Å². The first-order valence-corrected chi connectivity index (χ1v) is 5.93. The second kappa shape index (κ2) is 4.56. The Morgan fingerprint density at radius 1 is 1.38 bits per heavy atom. The van der Waals surface area contributed by atoms with Crippen molar-refractivity contribution in [2.75, 3.05) is 20.3 Å². The molecule has 2 rings (SSSR count). The van der Waals surface area contributed by atoms with E-state index in [9.17, 15) is 0 Å². The summed E-state index contributed by atoms with van der Waals surface area (Å²) in [6, 6.07) is 8.89. The van der Waals surface area contributed by atoms with Crippen molar-refractivity contribution in [3.8, 4) is 0 Å². The number of hydrogen-bond donors (Lipinski definition) is 1. The van der Waals surface area contributed by atoms with E-state index < -0.39 is 0 Å². The van der Waals surface area contributed by atoms with Crippen LogP contribution in [-0.2, 0) is 4.74 Å². The van der Waals surface area contributed by atoms with Crippen molar-refractivity contribution in [1.29, 1.82) is 0 Å². The molecule has 0 bridgehead atoms. The van der Waals surface area contributed by atoms with E-state index >= 15 is 0 Å². The molecule has 0 aliphatic carbocycles. The second-order valence-electron chi connectivity index (χ2n) is 5.19. The Morgan fingerprint density at radius 3 is 2.69 bits per heavy atom. The maximum atomic E-state index is 5.27. The minimum Gasteiger partial charge on any atom is -0.383 e. The second-order valence-corrected chi connectivity index (χ2v) is 5.19. The minimum atomic E-state index is 0.143. The molecule has 1 aliphatic heterocycles. The van der Waals surface area contributed by atoms with E-state index in [0.29, 0.717) is 5.92 Å². The first-order chi connectivity index (χ1) is 7.63. The predicted octanol–water partition coefficient (Wildman–Crippen LogP) is 2.48. The average Bonchev–Trinajstić information content (AvgIpc) is 2.62. The lowest BCUT2D eigenvalue weighted by atomic mass is 9.90. The molecule has 2 heteroatoms. The third-order valence-electron chi connectivity index (χ3n) is 3.48. The van der Waals surface area contributed by atoms with E-state index in [0.717, 1.165) is 19.6 Å². The number of hydrogen-bond acceptors (Lipinski definition) is 2. The van der Waals surface area contributed by atoms with Crippen molar-refractivity contribution in [3.63, 3.8) is 0 Å². The van der Waals surface area contributed by atoms with E-state index in [1.54, 1.807) is 7.11 Å². The highest BCUT2D eigenvalue weighted by molar-refractivity contribution is 5.26. The molecule has 1 aromatic rings. The van der Waals surface area contributed by atoms with E-state index in [1.807, 2.05) is 0 Å². The summed E-state index contributed by atoms with van der Waals surface area (Å²) in [5.41, 5.74) is 2.91. The Labute approximate surface area is 98.0 Å². The van der Waals surface area contributed by atoms with Crippen molar-refractivity contribution in [1.82, 2.24) is 5.32 Å². The lowest BCUT2D eigenvalue weighted by molar-refractivity contribution is 0.129. The summed E-state index contributed by atoms with van der Waals surface area (Å²) in [5, 5.41) is 3.57. The normalized spacial score (nSPS) is 29.6. The van der Waals surface area contributed by atoms with Crippen molar-refractivity contribution >= 4 is 0 Å². The summed E-state index contributed by atoms with van der Waals surface area (Å²) >= 11 is 0. The van der Waals surface area contributed by atoms with Crippen LogP contribution in [-0.4, -0.2) is 25.8 Å². The van der Waals surface area contributed by atoms with Gasteiger partial charge in [-0.2, -0.15) is 0 Å². The molecule has 0 spiro atoms. The third-order valence-corrected chi connectivity index (χ3v) is 3.48. The molecule has 1 saturated heterocycles. The summed E-state index contributed by atoms with van der Waals surface area (Å²) in [5.74, 6) is 0.626. The molecule has 0 aromatic heterocycles. The van der Waals surface area contributed by atoms with Crippen LogP contribution in [0.1, 0.15) is 30.4 Å². The van der Waals surface area contributed by atoms with Crippen LogP contribution < -0.4 is 5.32 Å². The van der Waals surface area contributed by atoms with Gasteiger partial charge in [0.25, 0.3) is 0 Å². The molecule has 1 aliphatic rings. The van der Waals surface area contributed by atoms with Crippen LogP contribution >= 0.6 is 0 Å². The summed E-state index contributed by atoms with van der Waals surface area (Å²) in [4.78, 5) is 0. The monoisotopic (exact) mass is 219 g/mol. The van der Waals surface area contributed by atoms with Crippen LogP contribution in [0.15, 0.2) is 24.3 Å². The quantitative estimate of drug-likeness (QED) is 0.843. The van der Waals surface area contributed by atoms with Gasteiger partial charge in [-0.3, -0.25) is 0 Å². The van der Waals surface area contributed by atoms with Crippen molar-refractivity contribution in [2.45, 2.75) is 31.7 Å². The lowest BCUT2D eigenvalue weighted by Crippen LogP contribution is -2.40. The van der Waals surface area contributed by atoms with Crippen LogP contribution in [0.3, 0.4) is 0 Å². The van der Waals surface area contributed by atoms with Crippen molar-refractivity contribution in [2.24, 2.45) is 0 Å². The Hall–Kier alpha value is -0.860. The summed E-state index contributed by atoms with van der Waals surface area (Å²) in [7, 11) is 1.77. The van der Waals surface area contributed by atoms with Gasteiger partial charge in [0.15, 0.2) is 0 Å². The van der Waals surface area contributed by atoms with E-state index in [2.05, 4.69) is 43.4 Å². The molecule has 1 heterocycles. The van der Waals surface area contributed by atoms with Gasteiger partial charge in [-0.15, -0.1) is 0 Å². The fourth-order valence-corrected chi connectivity index (χ4v) is 2.56. The lowest BCUT2D eigenvalue weighted by Gasteiger charge is -2.23. The topological polar surface area (TPSA) is 21.3 Å². The highest BCUT2D eigenvalue weighted by Crippen LogP contribution is 2.31. The molecule has 0 amide bonds. The van der Waals surface area contributed by atoms with Crippen molar-refractivity contribution < 1.29 is 4.74 Å². The molecular weight excluding hydrogens is 198 g/mol. The Bertz CT molecular complexity index is 346. The summed E-state index contributed by atoms with van der Waals surface area (Å²) in [6.45, 7) is 6.22. The van der Waals surface area contributed by atoms with Gasteiger partial charge in [0.2, 0.25) is 0 Å². The summed E-state index contributed by atoms with van der Waals surface area (Å²) in [6.07, 6.45) is 1.16. The van der Waals surface area contributed by atoms with Gasteiger partial charge in [-0.25, -0.2) is 0 Å².